The molecule has 8 heteroatoms. The number of nitrogens with one attached hydrogen (secondary N) is 1. The van der Waals surface area contributed by atoms with Gasteiger partial charge >= 0.3 is 5.97 Å². The molecule has 3 rings (SSSR count). The van der Waals surface area contributed by atoms with Crippen molar-refractivity contribution in [2.75, 3.05) is 4.72 Å². The van der Waals surface area contributed by atoms with Gasteiger partial charge in [0.05, 0.1) is 21.7 Å². The van der Waals surface area contributed by atoms with E-state index in [0.717, 1.165) is 18.2 Å². The van der Waals surface area contributed by atoms with E-state index in [1.165, 1.54) is 18.3 Å². The molecule has 2 aromatic carbocycles. The number of anilines is 1. The van der Waals surface area contributed by atoms with Crippen molar-refractivity contribution in [3.05, 3.63) is 66.1 Å². The highest BCUT2D eigenvalue weighted by molar-refractivity contribution is 7.93. The van der Waals surface area contributed by atoms with Gasteiger partial charge in [-0.1, -0.05) is 6.07 Å². The first-order valence-electron chi connectivity index (χ1n) is 6.78. The quantitative estimate of drug-likeness (QED) is 0.757. The number of aromatic carboxylic acids is 1. The van der Waals surface area contributed by atoms with Gasteiger partial charge in [-0.25, -0.2) is 17.6 Å². The highest BCUT2D eigenvalue weighted by atomic mass is 32.2. The van der Waals surface area contributed by atoms with Crippen LogP contribution >= 0.6 is 0 Å². The summed E-state index contributed by atoms with van der Waals surface area (Å²) in [7, 11) is -4.13. The molecular weight excluding hydrogens is 335 g/mol. The Morgan fingerprint density at radius 2 is 1.92 bits per heavy atom. The van der Waals surface area contributed by atoms with Crippen molar-refractivity contribution in [1.29, 1.82) is 0 Å². The van der Waals surface area contributed by atoms with E-state index in [1.807, 2.05) is 0 Å². The summed E-state index contributed by atoms with van der Waals surface area (Å²) in [5, 5.41) is 9.33. The lowest BCUT2D eigenvalue weighted by atomic mass is 10.2. The average Bonchev–Trinajstić information content (AvgIpc) is 2.56. The second-order valence-electron chi connectivity index (χ2n) is 4.93. The Morgan fingerprint density at radius 3 is 2.67 bits per heavy atom. The lowest BCUT2D eigenvalue weighted by molar-refractivity contribution is 0.0697. The van der Waals surface area contributed by atoms with Gasteiger partial charge in [-0.3, -0.25) is 9.71 Å². The van der Waals surface area contributed by atoms with Gasteiger partial charge < -0.3 is 5.11 Å². The Morgan fingerprint density at radius 1 is 1.12 bits per heavy atom. The van der Waals surface area contributed by atoms with Crippen LogP contribution in [0.1, 0.15) is 10.4 Å². The van der Waals surface area contributed by atoms with Gasteiger partial charge in [0, 0.05) is 11.6 Å². The fraction of sp³-hybridized carbons (Fsp3) is 0. The third kappa shape index (κ3) is 2.91. The second-order valence-corrected chi connectivity index (χ2v) is 6.58. The number of rotatable bonds is 4. The number of hydrogen-bond donors (Lipinski definition) is 2. The lowest BCUT2D eigenvalue weighted by Crippen LogP contribution is -2.15. The average molecular weight is 346 g/mol. The topological polar surface area (TPSA) is 96.4 Å². The monoisotopic (exact) mass is 346 g/mol. The van der Waals surface area contributed by atoms with Gasteiger partial charge in [0.1, 0.15) is 5.82 Å². The molecule has 0 unspecified atom stereocenters. The summed E-state index contributed by atoms with van der Waals surface area (Å²) in [6.07, 6.45) is 1.53. The number of sulfonamides is 1. The van der Waals surface area contributed by atoms with E-state index in [1.54, 1.807) is 18.2 Å². The van der Waals surface area contributed by atoms with Crippen LogP contribution in [0, 0.1) is 5.82 Å². The minimum Gasteiger partial charge on any atom is -0.478 e. The summed E-state index contributed by atoms with van der Waals surface area (Å²) in [5.41, 5.74) is -0.190. The molecule has 0 aliphatic heterocycles. The third-order valence-corrected chi connectivity index (χ3v) is 4.78. The Kier molecular flexibility index (Phi) is 3.90. The van der Waals surface area contributed by atoms with Gasteiger partial charge in [0.2, 0.25) is 0 Å². The summed E-state index contributed by atoms with van der Waals surface area (Å²) in [6, 6.07) is 10.6. The van der Waals surface area contributed by atoms with Gasteiger partial charge in [-0.15, -0.1) is 0 Å². The first-order valence-corrected chi connectivity index (χ1v) is 8.26. The molecule has 0 spiro atoms. The molecule has 0 aliphatic rings. The lowest BCUT2D eigenvalue weighted by Gasteiger charge is -2.11. The van der Waals surface area contributed by atoms with Crippen LogP contribution < -0.4 is 4.72 Å². The molecule has 1 aromatic heterocycles. The van der Waals surface area contributed by atoms with Crippen molar-refractivity contribution in [2.24, 2.45) is 0 Å². The van der Waals surface area contributed by atoms with E-state index < -0.39 is 27.5 Å². The number of hydrogen-bond acceptors (Lipinski definition) is 4. The molecule has 0 bridgehead atoms. The number of aromatic nitrogens is 1. The van der Waals surface area contributed by atoms with Crippen molar-refractivity contribution in [1.82, 2.24) is 4.98 Å². The molecule has 0 radical (unpaired) electrons. The molecule has 0 atom stereocenters. The maximum absolute atomic E-state index is 13.9. The van der Waals surface area contributed by atoms with Crippen LogP contribution in [0.4, 0.5) is 10.1 Å². The Labute approximate surface area is 136 Å². The molecule has 2 N–H and O–H groups in total. The molecule has 0 fully saturated rings. The SMILES string of the molecule is O=C(O)c1ccc(F)c(NS(=O)(=O)c2cccc3ncccc23)c1. The second kappa shape index (κ2) is 5.89. The maximum atomic E-state index is 13.9. The number of halogens is 1. The van der Waals surface area contributed by atoms with Crippen LogP contribution in [0.2, 0.25) is 0 Å². The summed E-state index contributed by atoms with van der Waals surface area (Å²) < 4.78 is 41.1. The molecule has 0 aliphatic carbocycles. The minimum atomic E-state index is -4.13. The normalized spacial score (nSPS) is 11.4. The van der Waals surface area contributed by atoms with E-state index in [-0.39, 0.29) is 10.5 Å². The first kappa shape index (κ1) is 15.9. The number of fused-ring (bicyclic) bond motifs is 1. The van der Waals surface area contributed by atoms with Crippen LogP contribution in [-0.2, 0) is 10.0 Å². The molecule has 0 amide bonds. The Hall–Kier alpha value is -3.00. The van der Waals surface area contributed by atoms with Crippen molar-refractivity contribution < 1.29 is 22.7 Å². The van der Waals surface area contributed by atoms with Gasteiger partial charge in [0.25, 0.3) is 10.0 Å². The molecule has 3 aromatic rings. The third-order valence-electron chi connectivity index (χ3n) is 3.35. The van der Waals surface area contributed by atoms with Crippen LogP contribution in [0.15, 0.2) is 59.6 Å². The van der Waals surface area contributed by atoms with Gasteiger partial charge in [-0.05, 0) is 42.5 Å². The summed E-state index contributed by atoms with van der Waals surface area (Å²) in [5.74, 6) is -2.16. The number of carboxylic acids is 1. The highest BCUT2D eigenvalue weighted by Gasteiger charge is 2.20. The number of nitrogens with zero attached hydrogens (tertiary/aromatic N) is 1. The molecule has 0 saturated carbocycles. The summed E-state index contributed by atoms with van der Waals surface area (Å²) in [4.78, 5) is 15.0. The van der Waals surface area contributed by atoms with E-state index in [9.17, 15) is 17.6 Å². The summed E-state index contributed by atoms with van der Waals surface area (Å²) >= 11 is 0. The first-order chi connectivity index (χ1) is 11.4. The zero-order valence-electron chi connectivity index (χ0n) is 12.1. The van der Waals surface area contributed by atoms with Crippen molar-refractivity contribution >= 4 is 32.6 Å². The van der Waals surface area contributed by atoms with Gasteiger partial charge in [0.15, 0.2) is 0 Å². The smallest absolute Gasteiger partial charge is 0.335 e. The highest BCUT2D eigenvalue weighted by Crippen LogP contribution is 2.25. The molecular formula is C16H11FN2O4S. The predicted molar refractivity (Wildman–Crippen MR) is 85.9 cm³/mol. The van der Waals surface area contributed by atoms with E-state index in [4.69, 9.17) is 5.11 Å². The Balaban J connectivity index is 2.09. The molecule has 122 valence electrons. The van der Waals surface area contributed by atoms with Crippen molar-refractivity contribution in [3.63, 3.8) is 0 Å². The van der Waals surface area contributed by atoms with Crippen LogP contribution in [0.25, 0.3) is 10.9 Å². The van der Waals surface area contributed by atoms with Crippen molar-refractivity contribution in [3.8, 4) is 0 Å². The van der Waals surface area contributed by atoms with Crippen LogP contribution in [0.3, 0.4) is 0 Å². The number of carbonyl (C=O) groups is 1. The molecule has 0 saturated heterocycles. The fourth-order valence-corrected chi connectivity index (χ4v) is 3.52. The minimum absolute atomic E-state index is 0.0757. The van der Waals surface area contributed by atoms with Crippen LogP contribution in [-0.4, -0.2) is 24.5 Å². The molecule has 6 nitrogen and oxygen atoms in total. The van der Waals surface area contributed by atoms with Crippen LogP contribution in [0.5, 0.6) is 0 Å². The zero-order chi connectivity index (χ0) is 17.3. The largest absolute Gasteiger partial charge is 0.478 e. The van der Waals surface area contributed by atoms with Gasteiger partial charge in [-0.2, -0.15) is 0 Å². The number of benzene rings is 2. The number of pyridine rings is 1. The van der Waals surface area contributed by atoms with E-state index in [0.29, 0.717) is 10.9 Å². The molecule has 1 heterocycles. The zero-order valence-corrected chi connectivity index (χ0v) is 12.9. The van der Waals surface area contributed by atoms with Crippen molar-refractivity contribution in [2.45, 2.75) is 4.90 Å². The Bertz CT molecular complexity index is 1050. The number of carboxylic acid groups (broad SMARTS) is 1. The summed E-state index contributed by atoms with van der Waals surface area (Å²) in [6.45, 7) is 0. The fourth-order valence-electron chi connectivity index (χ4n) is 2.25. The standard InChI is InChI=1S/C16H11FN2O4S/c17-12-7-6-10(16(20)21)9-14(12)19-24(22,23)15-5-1-4-13-11(15)3-2-8-18-13/h1-9,19H,(H,20,21). The van der Waals surface area contributed by atoms with E-state index >= 15 is 0 Å². The van der Waals surface area contributed by atoms with E-state index in [2.05, 4.69) is 9.71 Å². The molecule has 24 heavy (non-hydrogen) atoms. The maximum Gasteiger partial charge on any atom is 0.335 e. The predicted octanol–water partition coefficient (Wildman–Crippen LogP) is 2.87.